The average Bonchev–Trinajstić information content (AvgIpc) is 2.40. The largest absolute Gasteiger partial charge is 0.533 e. The van der Waals surface area contributed by atoms with Crippen LogP contribution < -0.4 is 0 Å². The summed E-state index contributed by atoms with van der Waals surface area (Å²) in [5.74, 6) is 0.634. The van der Waals surface area contributed by atoms with Crippen molar-refractivity contribution in [3.05, 3.63) is 11.6 Å². The van der Waals surface area contributed by atoms with Crippen LogP contribution in [-0.2, 0) is 9.57 Å². The first-order valence-electron chi connectivity index (χ1n) is 2.64. The van der Waals surface area contributed by atoms with E-state index in [1.807, 2.05) is 5.41 Å². The summed E-state index contributed by atoms with van der Waals surface area (Å²) in [6.45, 7) is 0. The SMILES string of the molecule is COC(=O)ON1C=CSC1. The summed E-state index contributed by atoms with van der Waals surface area (Å²) >= 11 is 1.55. The van der Waals surface area contributed by atoms with Gasteiger partial charge in [0.05, 0.1) is 7.11 Å². The summed E-state index contributed by atoms with van der Waals surface area (Å²) < 4.78 is 4.27. The molecule has 0 spiro atoms. The van der Waals surface area contributed by atoms with Gasteiger partial charge in [-0.2, -0.15) is 5.06 Å². The van der Waals surface area contributed by atoms with Gasteiger partial charge in [0.25, 0.3) is 0 Å². The second-order valence-electron chi connectivity index (χ2n) is 1.54. The molecule has 4 nitrogen and oxygen atoms in total. The van der Waals surface area contributed by atoms with Gasteiger partial charge in [-0.05, 0) is 5.41 Å². The first kappa shape index (κ1) is 7.27. The van der Waals surface area contributed by atoms with E-state index in [9.17, 15) is 4.79 Å². The van der Waals surface area contributed by atoms with Crippen molar-refractivity contribution in [3.63, 3.8) is 0 Å². The van der Waals surface area contributed by atoms with Crippen molar-refractivity contribution in [1.29, 1.82) is 0 Å². The second kappa shape index (κ2) is 3.36. The molecule has 0 bridgehead atoms. The maximum absolute atomic E-state index is 10.4. The van der Waals surface area contributed by atoms with Gasteiger partial charge in [0.2, 0.25) is 0 Å². The molecule has 0 aromatic carbocycles. The van der Waals surface area contributed by atoms with E-state index in [0.29, 0.717) is 5.88 Å². The Balaban J connectivity index is 2.24. The van der Waals surface area contributed by atoms with Crippen LogP contribution in [0.1, 0.15) is 0 Å². The third-order valence-corrected chi connectivity index (χ3v) is 1.60. The fraction of sp³-hybridized carbons (Fsp3) is 0.400. The van der Waals surface area contributed by atoms with Gasteiger partial charge in [-0.3, -0.25) is 0 Å². The number of thioether (sulfide) groups is 1. The van der Waals surface area contributed by atoms with Crippen molar-refractivity contribution in [1.82, 2.24) is 5.06 Å². The topological polar surface area (TPSA) is 38.8 Å². The normalized spacial score (nSPS) is 15.5. The molecule has 1 heterocycles. The van der Waals surface area contributed by atoms with Gasteiger partial charge < -0.3 is 9.57 Å². The highest BCUT2D eigenvalue weighted by Crippen LogP contribution is 2.14. The standard InChI is InChI=1S/C5H7NO3S/c1-8-5(7)9-6-2-3-10-4-6/h2-3H,4H2,1H3. The Labute approximate surface area is 62.7 Å². The van der Waals surface area contributed by atoms with Crippen molar-refractivity contribution >= 4 is 17.9 Å². The summed E-state index contributed by atoms with van der Waals surface area (Å²) in [5.41, 5.74) is 0. The molecule has 0 fully saturated rings. The predicted molar refractivity (Wildman–Crippen MR) is 36.9 cm³/mol. The van der Waals surface area contributed by atoms with Crippen molar-refractivity contribution in [2.45, 2.75) is 0 Å². The Kier molecular flexibility index (Phi) is 2.44. The zero-order chi connectivity index (χ0) is 7.40. The van der Waals surface area contributed by atoms with E-state index in [1.54, 1.807) is 18.0 Å². The van der Waals surface area contributed by atoms with E-state index in [-0.39, 0.29) is 0 Å². The molecule has 0 amide bonds. The van der Waals surface area contributed by atoms with E-state index in [0.717, 1.165) is 0 Å². The number of hydrogen-bond donors (Lipinski definition) is 0. The van der Waals surface area contributed by atoms with Crippen molar-refractivity contribution < 1.29 is 14.4 Å². The molecule has 5 heteroatoms. The van der Waals surface area contributed by atoms with Crippen LogP contribution in [-0.4, -0.2) is 24.2 Å². The minimum absolute atomic E-state index is 0.634. The van der Waals surface area contributed by atoms with E-state index in [1.165, 1.54) is 12.2 Å². The molecule has 0 radical (unpaired) electrons. The Morgan fingerprint density at radius 1 is 1.80 bits per heavy atom. The highest BCUT2D eigenvalue weighted by atomic mass is 32.2. The highest BCUT2D eigenvalue weighted by molar-refractivity contribution is 8.02. The molecule has 0 N–H and O–H groups in total. The number of hydroxylamine groups is 2. The molecule has 1 aliphatic rings. The van der Waals surface area contributed by atoms with Crippen LogP contribution in [0.3, 0.4) is 0 Å². The van der Waals surface area contributed by atoms with Gasteiger partial charge in [0, 0.05) is 6.20 Å². The van der Waals surface area contributed by atoms with Crippen LogP contribution in [0.4, 0.5) is 4.79 Å². The minimum atomic E-state index is -0.688. The van der Waals surface area contributed by atoms with Crippen molar-refractivity contribution in [2.75, 3.05) is 13.0 Å². The fourth-order valence-corrected chi connectivity index (χ4v) is 1.05. The van der Waals surface area contributed by atoms with Crippen LogP contribution in [0.2, 0.25) is 0 Å². The quantitative estimate of drug-likeness (QED) is 0.539. The smallest absolute Gasteiger partial charge is 0.436 e. The Morgan fingerprint density at radius 2 is 2.60 bits per heavy atom. The summed E-state index contributed by atoms with van der Waals surface area (Å²) in [6, 6.07) is 0. The Morgan fingerprint density at radius 3 is 3.10 bits per heavy atom. The van der Waals surface area contributed by atoms with Gasteiger partial charge in [-0.1, -0.05) is 0 Å². The molecule has 1 rings (SSSR count). The molecule has 0 unspecified atom stereocenters. The molecule has 0 atom stereocenters. The minimum Gasteiger partial charge on any atom is -0.436 e. The Bertz CT molecular complexity index is 159. The maximum atomic E-state index is 10.4. The summed E-state index contributed by atoms with van der Waals surface area (Å²) in [7, 11) is 1.27. The van der Waals surface area contributed by atoms with Crippen LogP contribution in [0.25, 0.3) is 0 Å². The molecule has 10 heavy (non-hydrogen) atoms. The zero-order valence-corrected chi connectivity index (χ0v) is 6.26. The van der Waals surface area contributed by atoms with Gasteiger partial charge in [-0.15, -0.1) is 11.8 Å². The van der Waals surface area contributed by atoms with Crippen molar-refractivity contribution in [2.24, 2.45) is 0 Å². The molecule has 56 valence electrons. The Hall–Kier alpha value is -0.840. The molecule has 0 saturated heterocycles. The maximum Gasteiger partial charge on any atom is 0.533 e. The molecular formula is C5H7NO3S. The monoisotopic (exact) mass is 161 g/mol. The van der Waals surface area contributed by atoms with E-state index in [2.05, 4.69) is 9.57 Å². The lowest BCUT2D eigenvalue weighted by Crippen LogP contribution is -2.19. The number of rotatable bonds is 1. The zero-order valence-electron chi connectivity index (χ0n) is 5.44. The first-order chi connectivity index (χ1) is 4.83. The predicted octanol–water partition coefficient (Wildman–Crippen LogP) is 1.16. The van der Waals surface area contributed by atoms with Crippen LogP contribution in [0.15, 0.2) is 11.6 Å². The fourth-order valence-electron chi connectivity index (χ4n) is 0.460. The number of methoxy groups -OCH3 is 1. The second-order valence-corrected chi connectivity index (χ2v) is 2.41. The van der Waals surface area contributed by atoms with E-state index >= 15 is 0 Å². The molecule has 0 aromatic heterocycles. The van der Waals surface area contributed by atoms with Gasteiger partial charge in [0.1, 0.15) is 5.88 Å². The number of carbonyl (C=O) groups excluding carboxylic acids is 1. The summed E-state index contributed by atoms with van der Waals surface area (Å²) in [6.07, 6.45) is 0.980. The average molecular weight is 161 g/mol. The number of ether oxygens (including phenoxy) is 1. The molecule has 0 aliphatic carbocycles. The lowest BCUT2D eigenvalue weighted by Gasteiger charge is -2.11. The number of hydrogen-bond acceptors (Lipinski definition) is 5. The van der Waals surface area contributed by atoms with Crippen molar-refractivity contribution in [3.8, 4) is 0 Å². The van der Waals surface area contributed by atoms with Crippen LogP contribution >= 0.6 is 11.8 Å². The summed E-state index contributed by atoms with van der Waals surface area (Å²) in [4.78, 5) is 15.1. The lowest BCUT2D eigenvalue weighted by molar-refractivity contribution is -0.0725. The summed E-state index contributed by atoms with van der Waals surface area (Å²) in [5, 5.41) is 3.24. The van der Waals surface area contributed by atoms with Crippen LogP contribution in [0.5, 0.6) is 0 Å². The van der Waals surface area contributed by atoms with E-state index < -0.39 is 6.16 Å². The first-order valence-corrected chi connectivity index (χ1v) is 3.68. The third-order valence-electron chi connectivity index (χ3n) is 0.884. The molecular weight excluding hydrogens is 154 g/mol. The van der Waals surface area contributed by atoms with Gasteiger partial charge in [0.15, 0.2) is 0 Å². The number of nitrogens with zero attached hydrogens (tertiary/aromatic N) is 1. The van der Waals surface area contributed by atoms with Crippen LogP contribution in [0, 0.1) is 0 Å². The molecule has 0 aromatic rings. The highest BCUT2D eigenvalue weighted by Gasteiger charge is 2.10. The molecule has 1 aliphatic heterocycles. The van der Waals surface area contributed by atoms with E-state index in [4.69, 9.17) is 0 Å². The number of carbonyl (C=O) groups is 1. The van der Waals surface area contributed by atoms with Gasteiger partial charge in [-0.25, -0.2) is 4.79 Å². The lowest BCUT2D eigenvalue weighted by atomic mass is 11.0. The molecule has 0 saturated carbocycles. The third kappa shape index (κ3) is 1.84. The van der Waals surface area contributed by atoms with Gasteiger partial charge >= 0.3 is 6.16 Å².